The van der Waals surface area contributed by atoms with Crippen LogP contribution in [0.1, 0.15) is 18.9 Å². The Bertz CT molecular complexity index is 363. The predicted molar refractivity (Wildman–Crippen MR) is 72.8 cm³/mol. The summed E-state index contributed by atoms with van der Waals surface area (Å²) < 4.78 is 5.53. The second-order valence-corrected chi connectivity index (χ2v) is 5.41. The minimum atomic E-state index is -0.444. The molecule has 1 aromatic rings. The first kappa shape index (κ1) is 13.4. The first-order valence-corrected chi connectivity index (χ1v) is 6.73. The van der Waals surface area contributed by atoms with Crippen LogP contribution in [0.2, 0.25) is 0 Å². The van der Waals surface area contributed by atoms with Gasteiger partial charge in [0.25, 0.3) is 0 Å². The van der Waals surface area contributed by atoms with Crippen LogP contribution < -0.4 is 10.1 Å². The van der Waals surface area contributed by atoms with Gasteiger partial charge < -0.3 is 15.2 Å². The number of nitrogens with one attached hydrogen (secondary N) is 1. The van der Waals surface area contributed by atoms with Gasteiger partial charge in [-0.3, -0.25) is 0 Å². The van der Waals surface area contributed by atoms with Crippen LogP contribution in [0.15, 0.2) is 24.3 Å². The van der Waals surface area contributed by atoms with E-state index in [1.165, 1.54) is 12.0 Å². The molecule has 1 fully saturated rings. The number of ether oxygens (including phenoxy) is 1. The van der Waals surface area contributed by atoms with Crippen LogP contribution in [0.5, 0.6) is 5.75 Å². The molecule has 3 unspecified atom stereocenters. The highest BCUT2D eigenvalue weighted by Crippen LogP contribution is 2.36. The summed E-state index contributed by atoms with van der Waals surface area (Å²) in [6.07, 6.45) is 0.878. The molecule has 3 atom stereocenters. The average molecular weight is 249 g/mol. The first-order valence-electron chi connectivity index (χ1n) is 6.73. The number of benzene rings is 1. The standard InChI is InChI=1S/C15H23NO2/c1-11-3-5-15(6-4-11)18-10-14(17)9-16-8-13-7-12(13)2/h3-6,12-14,16-17H,7-10H2,1-2H3. The zero-order valence-electron chi connectivity index (χ0n) is 11.2. The van der Waals surface area contributed by atoms with Gasteiger partial charge >= 0.3 is 0 Å². The van der Waals surface area contributed by atoms with E-state index in [1.807, 2.05) is 31.2 Å². The molecule has 18 heavy (non-hydrogen) atoms. The molecule has 2 rings (SSSR count). The van der Waals surface area contributed by atoms with E-state index in [2.05, 4.69) is 12.2 Å². The van der Waals surface area contributed by atoms with Gasteiger partial charge in [-0.2, -0.15) is 0 Å². The molecule has 0 saturated heterocycles. The van der Waals surface area contributed by atoms with Crippen molar-refractivity contribution >= 4 is 0 Å². The van der Waals surface area contributed by atoms with Gasteiger partial charge in [-0.15, -0.1) is 0 Å². The van der Waals surface area contributed by atoms with E-state index >= 15 is 0 Å². The maximum atomic E-state index is 9.78. The normalized spacial score (nSPS) is 23.7. The molecule has 2 N–H and O–H groups in total. The summed E-state index contributed by atoms with van der Waals surface area (Å²) in [6.45, 7) is 6.28. The average Bonchev–Trinajstić information content (AvgIpc) is 3.05. The molecule has 1 aliphatic rings. The summed E-state index contributed by atoms with van der Waals surface area (Å²) in [4.78, 5) is 0. The fourth-order valence-corrected chi connectivity index (χ4v) is 2.00. The van der Waals surface area contributed by atoms with Crippen LogP contribution in [0.25, 0.3) is 0 Å². The van der Waals surface area contributed by atoms with Crippen LogP contribution in [0.4, 0.5) is 0 Å². The van der Waals surface area contributed by atoms with Crippen molar-refractivity contribution in [3.8, 4) is 5.75 Å². The lowest BCUT2D eigenvalue weighted by Crippen LogP contribution is -2.32. The molecule has 100 valence electrons. The maximum Gasteiger partial charge on any atom is 0.119 e. The first-order chi connectivity index (χ1) is 8.65. The molecule has 3 nitrogen and oxygen atoms in total. The van der Waals surface area contributed by atoms with E-state index in [0.29, 0.717) is 13.2 Å². The van der Waals surface area contributed by atoms with Crippen molar-refractivity contribution in [3.63, 3.8) is 0 Å². The summed E-state index contributed by atoms with van der Waals surface area (Å²) in [5.41, 5.74) is 1.21. The van der Waals surface area contributed by atoms with Gasteiger partial charge in [0.1, 0.15) is 18.5 Å². The lowest BCUT2D eigenvalue weighted by Gasteiger charge is -2.13. The van der Waals surface area contributed by atoms with Gasteiger partial charge in [-0.1, -0.05) is 24.6 Å². The largest absolute Gasteiger partial charge is 0.491 e. The quantitative estimate of drug-likeness (QED) is 0.776. The minimum Gasteiger partial charge on any atom is -0.491 e. The van der Waals surface area contributed by atoms with Gasteiger partial charge in [0.15, 0.2) is 0 Å². The summed E-state index contributed by atoms with van der Waals surface area (Å²) in [7, 11) is 0. The number of hydrogen-bond donors (Lipinski definition) is 2. The third kappa shape index (κ3) is 4.31. The topological polar surface area (TPSA) is 41.5 Å². The third-order valence-corrected chi connectivity index (χ3v) is 3.53. The monoisotopic (exact) mass is 249 g/mol. The summed E-state index contributed by atoms with van der Waals surface area (Å²) >= 11 is 0. The fourth-order valence-electron chi connectivity index (χ4n) is 2.00. The van der Waals surface area contributed by atoms with E-state index < -0.39 is 6.10 Å². The molecule has 1 aromatic carbocycles. The Morgan fingerprint density at radius 2 is 2.06 bits per heavy atom. The van der Waals surface area contributed by atoms with Gasteiger partial charge in [0.2, 0.25) is 0 Å². The highest BCUT2D eigenvalue weighted by atomic mass is 16.5. The molecule has 3 heteroatoms. The lowest BCUT2D eigenvalue weighted by molar-refractivity contribution is 0.106. The molecule has 1 aliphatic carbocycles. The van der Waals surface area contributed by atoms with E-state index in [9.17, 15) is 5.11 Å². The van der Waals surface area contributed by atoms with Gasteiger partial charge in [-0.05, 0) is 43.9 Å². The Balaban J connectivity index is 1.59. The second-order valence-electron chi connectivity index (χ2n) is 5.41. The van der Waals surface area contributed by atoms with Gasteiger partial charge in [0, 0.05) is 6.54 Å². The van der Waals surface area contributed by atoms with Gasteiger partial charge in [0.05, 0.1) is 0 Å². The summed E-state index contributed by atoms with van der Waals surface area (Å²) in [6, 6.07) is 7.88. The summed E-state index contributed by atoms with van der Waals surface area (Å²) in [5, 5.41) is 13.1. The highest BCUT2D eigenvalue weighted by Gasteiger charge is 2.31. The maximum absolute atomic E-state index is 9.78. The van der Waals surface area contributed by atoms with E-state index in [0.717, 1.165) is 24.1 Å². The number of hydrogen-bond acceptors (Lipinski definition) is 3. The van der Waals surface area contributed by atoms with Crippen LogP contribution in [0, 0.1) is 18.8 Å². The Hall–Kier alpha value is -1.06. The SMILES string of the molecule is Cc1ccc(OCC(O)CNCC2CC2C)cc1. The van der Waals surface area contributed by atoms with Crippen molar-refractivity contribution in [2.75, 3.05) is 19.7 Å². The third-order valence-electron chi connectivity index (χ3n) is 3.53. The van der Waals surface area contributed by atoms with Crippen LogP contribution >= 0.6 is 0 Å². The Morgan fingerprint density at radius 1 is 1.39 bits per heavy atom. The molecule has 0 radical (unpaired) electrons. The Morgan fingerprint density at radius 3 is 2.67 bits per heavy atom. The predicted octanol–water partition coefficient (Wildman–Crippen LogP) is 1.98. The van der Waals surface area contributed by atoms with Crippen molar-refractivity contribution in [1.82, 2.24) is 5.32 Å². The van der Waals surface area contributed by atoms with Crippen molar-refractivity contribution in [1.29, 1.82) is 0 Å². The number of aryl methyl sites for hydroxylation is 1. The van der Waals surface area contributed by atoms with Crippen molar-refractivity contribution < 1.29 is 9.84 Å². The van der Waals surface area contributed by atoms with E-state index in [1.54, 1.807) is 0 Å². The van der Waals surface area contributed by atoms with Crippen LogP contribution in [0.3, 0.4) is 0 Å². The highest BCUT2D eigenvalue weighted by molar-refractivity contribution is 5.26. The second kappa shape index (κ2) is 6.21. The molecule has 0 spiro atoms. The fraction of sp³-hybridized carbons (Fsp3) is 0.600. The molecular formula is C15H23NO2. The lowest BCUT2D eigenvalue weighted by atomic mass is 10.2. The summed E-state index contributed by atoms with van der Waals surface area (Å²) in [5.74, 6) is 2.49. The van der Waals surface area contributed by atoms with Crippen molar-refractivity contribution in [2.24, 2.45) is 11.8 Å². The zero-order chi connectivity index (χ0) is 13.0. The van der Waals surface area contributed by atoms with Gasteiger partial charge in [-0.25, -0.2) is 0 Å². The smallest absolute Gasteiger partial charge is 0.119 e. The number of aliphatic hydroxyl groups excluding tert-OH is 1. The molecule has 0 amide bonds. The van der Waals surface area contributed by atoms with E-state index in [4.69, 9.17) is 4.74 Å². The van der Waals surface area contributed by atoms with Crippen LogP contribution in [-0.2, 0) is 0 Å². The Kier molecular flexibility index (Phi) is 4.61. The molecule has 0 bridgehead atoms. The zero-order valence-corrected chi connectivity index (χ0v) is 11.2. The molecule has 0 aliphatic heterocycles. The molecule has 0 aromatic heterocycles. The minimum absolute atomic E-state index is 0.344. The van der Waals surface area contributed by atoms with Crippen molar-refractivity contribution in [2.45, 2.75) is 26.4 Å². The van der Waals surface area contributed by atoms with Crippen molar-refractivity contribution in [3.05, 3.63) is 29.8 Å². The van der Waals surface area contributed by atoms with E-state index in [-0.39, 0.29) is 0 Å². The number of aliphatic hydroxyl groups is 1. The number of rotatable bonds is 7. The molecule has 1 saturated carbocycles. The molecule has 0 heterocycles. The van der Waals surface area contributed by atoms with Crippen LogP contribution in [-0.4, -0.2) is 30.9 Å². The molecular weight excluding hydrogens is 226 g/mol. The Labute approximate surface area is 109 Å².